The molecule has 0 aromatic heterocycles. The van der Waals surface area contributed by atoms with Gasteiger partial charge in [0, 0.05) is 10.4 Å². The summed E-state index contributed by atoms with van der Waals surface area (Å²) >= 11 is 1.84. The van der Waals surface area contributed by atoms with E-state index in [1.807, 2.05) is 22.9 Å². The molecule has 0 saturated carbocycles. The maximum Gasteiger partial charge on any atom is 0.0841 e. The minimum Gasteiger partial charge on any atom is -0.304 e. The van der Waals surface area contributed by atoms with E-state index in [1.54, 1.807) is 0 Å². The molecule has 0 aliphatic carbocycles. The normalized spacial score (nSPS) is 17.0. The molecule has 0 spiro atoms. The van der Waals surface area contributed by atoms with Crippen molar-refractivity contribution in [1.29, 1.82) is 0 Å². The predicted molar refractivity (Wildman–Crippen MR) is 65.5 cm³/mol. The van der Waals surface area contributed by atoms with Crippen LogP contribution in [0.25, 0.3) is 0 Å². The lowest BCUT2D eigenvalue weighted by Crippen LogP contribution is -2.52. The number of benzene rings is 1. The Balaban J connectivity index is 2.06. The monoisotopic (exact) mass is 223 g/mol. The Morgan fingerprint density at radius 1 is 1.33 bits per heavy atom. The fourth-order valence-corrected chi connectivity index (χ4v) is 2.30. The van der Waals surface area contributed by atoms with E-state index in [-0.39, 0.29) is 5.54 Å². The molecule has 0 fully saturated rings. The molecule has 0 unspecified atom stereocenters. The van der Waals surface area contributed by atoms with Crippen LogP contribution >= 0.6 is 11.8 Å². The van der Waals surface area contributed by atoms with E-state index in [4.69, 9.17) is 0 Å². The number of hydrazine groups is 2. The van der Waals surface area contributed by atoms with Gasteiger partial charge >= 0.3 is 0 Å². The van der Waals surface area contributed by atoms with Crippen molar-refractivity contribution in [2.45, 2.75) is 31.2 Å². The number of thioether (sulfide) groups is 1. The van der Waals surface area contributed by atoms with Gasteiger partial charge in [-0.3, -0.25) is 0 Å². The lowest BCUT2D eigenvalue weighted by Gasteiger charge is -2.35. The first-order chi connectivity index (χ1) is 7.04. The number of hydrogen-bond donors (Lipinski definition) is 2. The number of rotatable bonds is 1. The van der Waals surface area contributed by atoms with Crippen LogP contribution in [-0.2, 0) is 0 Å². The molecular formula is C11H17N3S. The highest BCUT2D eigenvalue weighted by Gasteiger charge is 2.19. The zero-order valence-corrected chi connectivity index (χ0v) is 10.2. The number of nitrogens with zero attached hydrogens (tertiary/aromatic N) is 1. The van der Waals surface area contributed by atoms with Gasteiger partial charge in [-0.25, -0.2) is 5.43 Å². The lowest BCUT2D eigenvalue weighted by atomic mass is 10.1. The molecule has 1 aromatic rings. The first-order valence-electron chi connectivity index (χ1n) is 5.08. The van der Waals surface area contributed by atoms with Crippen LogP contribution in [0.15, 0.2) is 29.2 Å². The second-order valence-corrected chi connectivity index (χ2v) is 5.66. The fourth-order valence-electron chi connectivity index (χ4n) is 1.46. The van der Waals surface area contributed by atoms with Crippen molar-refractivity contribution < 1.29 is 0 Å². The van der Waals surface area contributed by atoms with Crippen molar-refractivity contribution in [2.75, 3.05) is 11.3 Å². The molecule has 1 aliphatic heterocycles. The summed E-state index contributed by atoms with van der Waals surface area (Å²) in [5.74, 6) is 0.911. The summed E-state index contributed by atoms with van der Waals surface area (Å²) in [4.78, 5) is 1.31. The molecule has 0 amide bonds. The van der Waals surface area contributed by atoms with Gasteiger partial charge in [0.15, 0.2) is 0 Å². The maximum atomic E-state index is 3.40. The number of nitrogens with one attached hydrogen (secondary N) is 2. The highest BCUT2D eigenvalue weighted by Crippen LogP contribution is 2.31. The summed E-state index contributed by atoms with van der Waals surface area (Å²) in [6.07, 6.45) is 0. The molecule has 1 aromatic carbocycles. The van der Waals surface area contributed by atoms with Gasteiger partial charge in [-0.1, -0.05) is 12.1 Å². The Labute approximate surface area is 95.2 Å². The third-order valence-corrected chi connectivity index (χ3v) is 3.02. The van der Waals surface area contributed by atoms with Crippen LogP contribution in [0.3, 0.4) is 0 Å². The Morgan fingerprint density at radius 2 is 2.07 bits per heavy atom. The van der Waals surface area contributed by atoms with E-state index in [2.05, 4.69) is 49.8 Å². The zero-order chi connectivity index (χ0) is 10.9. The molecule has 15 heavy (non-hydrogen) atoms. The van der Waals surface area contributed by atoms with Gasteiger partial charge in [-0.05, 0) is 32.9 Å². The number of fused-ring (bicyclic) bond motifs is 1. The zero-order valence-electron chi connectivity index (χ0n) is 9.37. The summed E-state index contributed by atoms with van der Waals surface area (Å²) in [6, 6.07) is 8.35. The summed E-state index contributed by atoms with van der Waals surface area (Å²) < 4.78 is 0. The minimum absolute atomic E-state index is 0.0832. The van der Waals surface area contributed by atoms with E-state index in [0.717, 1.165) is 5.88 Å². The summed E-state index contributed by atoms with van der Waals surface area (Å²) in [7, 11) is 0. The summed E-state index contributed by atoms with van der Waals surface area (Å²) in [5, 5.41) is 2.03. The van der Waals surface area contributed by atoms with Gasteiger partial charge in [-0.2, -0.15) is 0 Å². The van der Waals surface area contributed by atoms with E-state index in [1.165, 1.54) is 10.6 Å². The molecular weight excluding hydrogens is 206 g/mol. The quantitative estimate of drug-likeness (QED) is 0.765. The third-order valence-electron chi connectivity index (χ3n) is 1.96. The Morgan fingerprint density at radius 3 is 2.80 bits per heavy atom. The molecule has 2 N–H and O–H groups in total. The average molecular weight is 223 g/mol. The number of anilines is 1. The molecule has 0 radical (unpaired) electrons. The van der Waals surface area contributed by atoms with Gasteiger partial charge in [-0.15, -0.1) is 16.9 Å². The van der Waals surface area contributed by atoms with Crippen LogP contribution in [0.2, 0.25) is 0 Å². The molecule has 1 heterocycles. The third kappa shape index (κ3) is 2.87. The van der Waals surface area contributed by atoms with E-state index in [0.29, 0.717) is 0 Å². The van der Waals surface area contributed by atoms with Crippen molar-refractivity contribution in [3.05, 3.63) is 24.3 Å². The van der Waals surface area contributed by atoms with Gasteiger partial charge in [0.1, 0.15) is 0 Å². The largest absolute Gasteiger partial charge is 0.304 e. The van der Waals surface area contributed by atoms with Gasteiger partial charge in [0.25, 0.3) is 0 Å². The molecule has 2 rings (SSSR count). The SMILES string of the molecule is CC(C)(C)NN1CSc2ccccc2N1. The Kier molecular flexibility index (Phi) is 2.91. The van der Waals surface area contributed by atoms with Crippen LogP contribution in [0, 0.1) is 0 Å². The highest BCUT2D eigenvalue weighted by atomic mass is 32.2. The first-order valence-corrected chi connectivity index (χ1v) is 6.07. The van der Waals surface area contributed by atoms with Gasteiger partial charge in [0.2, 0.25) is 0 Å². The van der Waals surface area contributed by atoms with Crippen LogP contribution < -0.4 is 10.9 Å². The summed E-state index contributed by atoms with van der Waals surface area (Å²) in [6.45, 7) is 6.46. The molecule has 82 valence electrons. The maximum absolute atomic E-state index is 3.40. The van der Waals surface area contributed by atoms with Crippen molar-refractivity contribution >= 4 is 17.4 Å². The van der Waals surface area contributed by atoms with Crippen molar-refractivity contribution in [3.8, 4) is 0 Å². The van der Waals surface area contributed by atoms with Crippen LogP contribution in [-0.4, -0.2) is 16.5 Å². The van der Waals surface area contributed by atoms with Crippen molar-refractivity contribution in [2.24, 2.45) is 0 Å². The molecule has 1 aliphatic rings. The second-order valence-electron chi connectivity index (χ2n) is 4.67. The van der Waals surface area contributed by atoms with E-state index < -0.39 is 0 Å². The number of hydrogen-bond acceptors (Lipinski definition) is 4. The van der Waals surface area contributed by atoms with Gasteiger partial charge in [0.05, 0.1) is 11.6 Å². The highest BCUT2D eigenvalue weighted by molar-refractivity contribution is 7.99. The standard InChI is InChI=1S/C11H17N3S/c1-11(2,3)13-14-8-15-10-7-5-4-6-9(10)12-14/h4-7,12-13H,8H2,1-3H3. The van der Waals surface area contributed by atoms with Crippen LogP contribution in [0.1, 0.15) is 20.8 Å². The summed E-state index contributed by atoms with van der Waals surface area (Å²) in [5.41, 5.74) is 8.01. The molecule has 0 bridgehead atoms. The van der Waals surface area contributed by atoms with E-state index >= 15 is 0 Å². The topological polar surface area (TPSA) is 27.3 Å². The van der Waals surface area contributed by atoms with Crippen molar-refractivity contribution in [1.82, 2.24) is 10.5 Å². The van der Waals surface area contributed by atoms with Gasteiger partial charge < -0.3 is 5.43 Å². The lowest BCUT2D eigenvalue weighted by molar-refractivity contribution is 0.185. The average Bonchev–Trinajstić information content (AvgIpc) is 2.15. The first kappa shape index (κ1) is 10.8. The van der Waals surface area contributed by atoms with Crippen molar-refractivity contribution in [3.63, 3.8) is 0 Å². The molecule has 0 atom stereocenters. The second kappa shape index (κ2) is 4.04. The Bertz CT molecular complexity index is 346. The van der Waals surface area contributed by atoms with Crippen LogP contribution in [0.4, 0.5) is 5.69 Å². The minimum atomic E-state index is 0.0832. The number of para-hydroxylation sites is 1. The predicted octanol–water partition coefficient (Wildman–Crippen LogP) is 2.68. The van der Waals surface area contributed by atoms with E-state index in [9.17, 15) is 0 Å². The Hall–Kier alpha value is -0.710. The van der Waals surface area contributed by atoms with Crippen LogP contribution in [0.5, 0.6) is 0 Å². The molecule has 0 saturated heterocycles. The molecule has 3 nitrogen and oxygen atoms in total. The fraction of sp³-hybridized carbons (Fsp3) is 0.455. The molecule has 4 heteroatoms. The smallest absolute Gasteiger partial charge is 0.0841 e.